The number of rotatable bonds is 13. The van der Waals surface area contributed by atoms with Crippen LogP contribution in [0.3, 0.4) is 0 Å². The Morgan fingerprint density at radius 3 is 2.57 bits per heavy atom. The summed E-state index contributed by atoms with van der Waals surface area (Å²) in [5.74, 6) is -2.44. The molecule has 3 aromatic rings. The third-order valence-electron chi connectivity index (χ3n) is 4.81. The lowest BCUT2D eigenvalue weighted by Crippen LogP contribution is -2.42. The second-order valence-electron chi connectivity index (χ2n) is 7.30. The van der Waals surface area contributed by atoms with Gasteiger partial charge in [0, 0.05) is 30.8 Å². The summed E-state index contributed by atoms with van der Waals surface area (Å²) in [7, 11) is 0. The van der Waals surface area contributed by atoms with Crippen LogP contribution in [0.5, 0.6) is 0 Å². The van der Waals surface area contributed by atoms with E-state index in [1.807, 2.05) is 6.92 Å². The zero-order chi connectivity index (χ0) is 25.4. The highest BCUT2D eigenvalue weighted by Gasteiger charge is 2.24. The van der Waals surface area contributed by atoms with Crippen LogP contribution in [-0.4, -0.2) is 44.8 Å². The molecule has 35 heavy (non-hydrogen) atoms. The van der Waals surface area contributed by atoms with E-state index in [0.717, 1.165) is 6.07 Å². The molecule has 1 N–H and O–H groups in total. The van der Waals surface area contributed by atoms with Crippen LogP contribution < -0.4 is 9.62 Å². The number of nitrogens with one attached hydrogen (secondary N) is 1. The highest BCUT2D eigenvalue weighted by Crippen LogP contribution is 2.27. The SMILES string of the molecule is CCCN(CCNC=O)S(=O)N(Cc1ccc(-c2nnc(C(F)F)o2)cc1F)c1cccc(F)c1. The van der Waals surface area contributed by atoms with Crippen molar-refractivity contribution in [2.75, 3.05) is 23.9 Å². The number of carbonyl (C=O) groups is 1. The summed E-state index contributed by atoms with van der Waals surface area (Å²) >= 11 is -1.86. The van der Waals surface area contributed by atoms with Crippen LogP contribution in [0, 0.1) is 11.6 Å². The van der Waals surface area contributed by atoms with Crippen molar-refractivity contribution < 1.29 is 31.0 Å². The number of hydrogen-bond acceptors (Lipinski definition) is 5. The van der Waals surface area contributed by atoms with Gasteiger partial charge < -0.3 is 9.73 Å². The summed E-state index contributed by atoms with van der Waals surface area (Å²) in [4.78, 5) is 10.6. The zero-order valence-electron chi connectivity index (χ0n) is 18.7. The summed E-state index contributed by atoms with van der Waals surface area (Å²) in [5, 5.41) is 9.24. The van der Waals surface area contributed by atoms with Gasteiger partial charge in [0.2, 0.25) is 12.3 Å². The second-order valence-corrected chi connectivity index (χ2v) is 8.72. The molecule has 1 unspecified atom stereocenters. The molecule has 0 saturated heterocycles. The van der Waals surface area contributed by atoms with Gasteiger partial charge in [0.25, 0.3) is 5.89 Å². The predicted octanol–water partition coefficient (Wildman–Crippen LogP) is 4.00. The van der Waals surface area contributed by atoms with Crippen LogP contribution in [0.25, 0.3) is 11.5 Å². The number of benzene rings is 2. The van der Waals surface area contributed by atoms with Crippen LogP contribution in [0.15, 0.2) is 46.9 Å². The summed E-state index contributed by atoms with van der Waals surface area (Å²) < 4.78 is 75.7. The number of hydrogen-bond donors (Lipinski definition) is 1. The topological polar surface area (TPSA) is 91.6 Å². The minimum absolute atomic E-state index is 0.0941. The van der Waals surface area contributed by atoms with Gasteiger partial charge in [0.1, 0.15) is 11.6 Å². The number of aromatic nitrogens is 2. The van der Waals surface area contributed by atoms with Crippen LogP contribution in [-0.2, 0) is 22.5 Å². The van der Waals surface area contributed by atoms with E-state index in [1.165, 1.54) is 34.6 Å². The maximum atomic E-state index is 15.0. The van der Waals surface area contributed by atoms with E-state index in [1.54, 1.807) is 10.4 Å². The normalized spacial score (nSPS) is 12.2. The van der Waals surface area contributed by atoms with Gasteiger partial charge in [-0.3, -0.25) is 9.10 Å². The summed E-state index contributed by atoms with van der Waals surface area (Å²) in [6.45, 7) is 2.58. The molecular formula is C22H23F4N5O3S. The van der Waals surface area contributed by atoms with E-state index in [9.17, 15) is 22.2 Å². The van der Waals surface area contributed by atoms with Crippen molar-refractivity contribution in [1.29, 1.82) is 0 Å². The molecule has 3 rings (SSSR count). The average molecular weight is 514 g/mol. The molecule has 0 spiro atoms. The van der Waals surface area contributed by atoms with Crippen molar-refractivity contribution in [1.82, 2.24) is 19.8 Å². The Bertz CT molecular complexity index is 1160. The second kappa shape index (κ2) is 12.4. The van der Waals surface area contributed by atoms with E-state index in [-0.39, 0.29) is 42.3 Å². The fraction of sp³-hybridized carbons (Fsp3) is 0.318. The first-order chi connectivity index (χ1) is 16.8. The van der Waals surface area contributed by atoms with Gasteiger partial charge in [-0.25, -0.2) is 17.3 Å². The highest BCUT2D eigenvalue weighted by atomic mass is 32.2. The molecule has 13 heteroatoms. The van der Waals surface area contributed by atoms with Crippen molar-refractivity contribution in [3.8, 4) is 11.5 Å². The van der Waals surface area contributed by atoms with E-state index >= 15 is 4.39 Å². The van der Waals surface area contributed by atoms with Crippen molar-refractivity contribution in [2.45, 2.75) is 26.3 Å². The van der Waals surface area contributed by atoms with Gasteiger partial charge >= 0.3 is 6.43 Å². The molecule has 1 atom stereocenters. The Balaban J connectivity index is 1.90. The zero-order valence-corrected chi connectivity index (χ0v) is 19.5. The van der Waals surface area contributed by atoms with Crippen molar-refractivity contribution in [3.05, 3.63) is 65.6 Å². The Hall–Kier alpha value is -3.32. The molecule has 188 valence electrons. The van der Waals surface area contributed by atoms with Crippen LogP contribution in [0.2, 0.25) is 0 Å². The number of anilines is 1. The number of carbonyl (C=O) groups excluding carboxylic acids is 1. The van der Waals surface area contributed by atoms with E-state index in [4.69, 9.17) is 4.42 Å². The van der Waals surface area contributed by atoms with Crippen LogP contribution >= 0.6 is 0 Å². The summed E-state index contributed by atoms with van der Waals surface area (Å²) in [6.07, 6.45) is -1.78. The van der Waals surface area contributed by atoms with Gasteiger partial charge in [0.15, 0.2) is 11.2 Å². The van der Waals surface area contributed by atoms with Crippen LogP contribution in [0.1, 0.15) is 31.2 Å². The lowest BCUT2D eigenvalue weighted by Gasteiger charge is -2.30. The van der Waals surface area contributed by atoms with Gasteiger partial charge in [-0.05, 0) is 36.8 Å². The molecule has 8 nitrogen and oxygen atoms in total. The molecule has 0 fully saturated rings. The molecule has 0 bridgehead atoms. The number of alkyl halides is 2. The van der Waals surface area contributed by atoms with Gasteiger partial charge in [0.05, 0.1) is 12.2 Å². The van der Waals surface area contributed by atoms with Crippen LogP contribution in [0.4, 0.5) is 23.2 Å². The molecule has 2 aromatic carbocycles. The smallest absolute Gasteiger partial charge is 0.314 e. The van der Waals surface area contributed by atoms with Crippen molar-refractivity contribution in [2.24, 2.45) is 0 Å². The molecule has 1 amide bonds. The predicted molar refractivity (Wildman–Crippen MR) is 121 cm³/mol. The van der Waals surface area contributed by atoms with Crippen molar-refractivity contribution >= 4 is 23.3 Å². The van der Waals surface area contributed by atoms with Gasteiger partial charge in [-0.2, -0.15) is 8.78 Å². The molecule has 0 aliphatic carbocycles. The number of nitrogens with zero attached hydrogens (tertiary/aromatic N) is 4. The lowest BCUT2D eigenvalue weighted by molar-refractivity contribution is -0.109. The minimum atomic E-state index is -2.96. The fourth-order valence-electron chi connectivity index (χ4n) is 3.18. The standard InChI is InChI=1S/C22H23F4N5O3S/c1-2-9-30(10-8-27-14-32)35(33)31(18-5-3-4-17(23)12-18)13-16-7-6-15(11-19(16)24)21-28-29-22(34-21)20(25)26/h3-7,11-12,14,20H,2,8-10,13H2,1H3,(H,27,32). The first-order valence-corrected chi connectivity index (χ1v) is 11.7. The lowest BCUT2D eigenvalue weighted by atomic mass is 10.1. The van der Waals surface area contributed by atoms with E-state index in [0.29, 0.717) is 19.4 Å². The molecule has 1 heterocycles. The third kappa shape index (κ3) is 6.85. The summed E-state index contributed by atoms with van der Waals surface area (Å²) in [6, 6.07) is 9.23. The van der Waals surface area contributed by atoms with Gasteiger partial charge in [-0.1, -0.05) is 19.1 Å². The molecule has 0 saturated carbocycles. The quantitative estimate of drug-likeness (QED) is 0.212. The molecular weight excluding hydrogens is 490 g/mol. The molecule has 1 aromatic heterocycles. The molecule has 0 radical (unpaired) electrons. The Kier molecular flexibility index (Phi) is 9.32. The van der Waals surface area contributed by atoms with E-state index < -0.39 is 35.1 Å². The Morgan fingerprint density at radius 2 is 1.94 bits per heavy atom. The molecule has 0 aliphatic rings. The first-order valence-electron chi connectivity index (χ1n) is 10.6. The minimum Gasteiger partial charge on any atom is -0.415 e. The molecule has 0 aliphatic heterocycles. The number of halogens is 4. The highest BCUT2D eigenvalue weighted by molar-refractivity contribution is 7.84. The van der Waals surface area contributed by atoms with E-state index in [2.05, 4.69) is 15.5 Å². The Labute approximate surface area is 201 Å². The van der Waals surface area contributed by atoms with Gasteiger partial charge in [-0.15, -0.1) is 10.2 Å². The third-order valence-corrected chi connectivity index (χ3v) is 6.33. The Morgan fingerprint density at radius 1 is 1.14 bits per heavy atom. The summed E-state index contributed by atoms with van der Waals surface area (Å²) in [5.41, 5.74) is 0.466. The monoisotopic (exact) mass is 513 g/mol. The maximum absolute atomic E-state index is 15.0. The average Bonchev–Trinajstić information content (AvgIpc) is 3.33. The maximum Gasteiger partial charge on any atom is 0.314 e. The largest absolute Gasteiger partial charge is 0.415 e. The van der Waals surface area contributed by atoms with Crippen molar-refractivity contribution in [3.63, 3.8) is 0 Å². The number of amides is 1. The fourth-order valence-corrected chi connectivity index (χ4v) is 4.58. The first kappa shape index (κ1) is 26.3.